The molecule has 4 heteroatoms. The number of hydrogen-bond donors (Lipinski definition) is 1. The zero-order valence-electron chi connectivity index (χ0n) is 16.1. The highest BCUT2D eigenvalue weighted by Crippen LogP contribution is 2.28. The van der Waals surface area contributed by atoms with Crippen molar-refractivity contribution in [2.75, 3.05) is 0 Å². The highest BCUT2D eigenvalue weighted by molar-refractivity contribution is 7.85. The topological polar surface area (TPSA) is 54.4 Å². The summed E-state index contributed by atoms with van der Waals surface area (Å²) in [6.07, 6.45) is 10.7. The molecule has 1 N–H and O–H groups in total. The minimum atomic E-state index is -4.21. The minimum Gasteiger partial charge on any atom is -0.282 e. The first kappa shape index (κ1) is 20.9. The van der Waals surface area contributed by atoms with Crippen molar-refractivity contribution in [2.24, 2.45) is 0 Å². The van der Waals surface area contributed by atoms with Crippen LogP contribution in [-0.2, 0) is 23.0 Å². The van der Waals surface area contributed by atoms with Crippen LogP contribution in [0.4, 0.5) is 0 Å². The predicted molar refractivity (Wildman–Crippen MR) is 109 cm³/mol. The molecular formula is C22H32O3S. The number of fused-ring (bicyclic) bond motifs is 1. The second-order valence-corrected chi connectivity index (χ2v) is 8.58. The van der Waals surface area contributed by atoms with Crippen molar-refractivity contribution < 1.29 is 13.0 Å². The predicted octanol–water partition coefficient (Wildman–Crippen LogP) is 6.33. The van der Waals surface area contributed by atoms with Gasteiger partial charge in [-0.25, -0.2) is 0 Å². The molecule has 0 unspecified atom stereocenters. The van der Waals surface area contributed by atoms with Crippen LogP contribution in [0.3, 0.4) is 0 Å². The molecule has 2 rings (SSSR count). The van der Waals surface area contributed by atoms with E-state index in [2.05, 4.69) is 19.9 Å². The Morgan fingerprint density at radius 1 is 0.808 bits per heavy atom. The van der Waals surface area contributed by atoms with Gasteiger partial charge in [0.2, 0.25) is 0 Å². The SMILES string of the molecule is CCCCCCc1cc2cccc(CCCCCC)c2cc1S(=O)(=O)O. The Morgan fingerprint density at radius 3 is 2.00 bits per heavy atom. The fourth-order valence-corrected chi connectivity index (χ4v) is 4.31. The van der Waals surface area contributed by atoms with Gasteiger partial charge in [0.05, 0.1) is 4.90 Å². The Balaban J connectivity index is 2.34. The summed E-state index contributed by atoms with van der Waals surface area (Å²) in [5.74, 6) is 0. The molecule has 0 bridgehead atoms. The normalized spacial score (nSPS) is 12.0. The van der Waals surface area contributed by atoms with Gasteiger partial charge in [-0.05, 0) is 59.7 Å². The Kier molecular flexibility index (Phi) is 8.11. The number of benzene rings is 2. The number of unbranched alkanes of at least 4 members (excludes halogenated alkanes) is 6. The summed E-state index contributed by atoms with van der Waals surface area (Å²) in [4.78, 5) is 0.0857. The van der Waals surface area contributed by atoms with Gasteiger partial charge in [-0.2, -0.15) is 8.42 Å². The van der Waals surface area contributed by atoms with Crippen molar-refractivity contribution in [3.05, 3.63) is 41.5 Å². The molecule has 2 aromatic carbocycles. The molecule has 0 aliphatic rings. The fourth-order valence-electron chi connectivity index (χ4n) is 3.56. The summed E-state index contributed by atoms with van der Waals surface area (Å²) < 4.78 is 33.6. The highest BCUT2D eigenvalue weighted by atomic mass is 32.2. The van der Waals surface area contributed by atoms with Crippen LogP contribution in [0.1, 0.15) is 76.3 Å². The van der Waals surface area contributed by atoms with E-state index in [-0.39, 0.29) is 4.90 Å². The smallest absolute Gasteiger partial charge is 0.282 e. The summed E-state index contributed by atoms with van der Waals surface area (Å²) in [5, 5.41) is 2.02. The van der Waals surface area contributed by atoms with Gasteiger partial charge >= 0.3 is 0 Å². The lowest BCUT2D eigenvalue weighted by atomic mass is 9.96. The molecule has 0 saturated carbocycles. The van der Waals surface area contributed by atoms with Crippen molar-refractivity contribution >= 4 is 20.9 Å². The van der Waals surface area contributed by atoms with E-state index in [0.717, 1.165) is 54.9 Å². The summed E-state index contributed by atoms with van der Waals surface area (Å²) in [5.41, 5.74) is 1.90. The van der Waals surface area contributed by atoms with Crippen molar-refractivity contribution in [3.8, 4) is 0 Å². The largest absolute Gasteiger partial charge is 0.294 e. The first-order chi connectivity index (χ1) is 12.5. The molecule has 0 spiro atoms. The number of hydrogen-bond acceptors (Lipinski definition) is 2. The molecule has 0 aromatic heterocycles. The van der Waals surface area contributed by atoms with E-state index in [1.807, 2.05) is 18.2 Å². The van der Waals surface area contributed by atoms with Gasteiger partial charge in [0.1, 0.15) is 0 Å². The molecule has 2 aromatic rings. The average Bonchev–Trinajstić information content (AvgIpc) is 2.61. The lowest BCUT2D eigenvalue weighted by molar-refractivity contribution is 0.482. The molecule has 0 radical (unpaired) electrons. The van der Waals surface area contributed by atoms with Gasteiger partial charge in [0.15, 0.2) is 0 Å². The molecule has 144 valence electrons. The van der Waals surface area contributed by atoms with E-state index in [0.29, 0.717) is 6.42 Å². The van der Waals surface area contributed by atoms with Crippen molar-refractivity contribution in [1.82, 2.24) is 0 Å². The standard InChI is InChI=1S/C22H32O3S/c1-3-5-7-9-12-18-14-11-15-19-16-20(13-10-8-6-4-2)22(17-21(18)19)26(23,24)25/h11,14-17H,3-10,12-13H2,1-2H3,(H,23,24,25). The third kappa shape index (κ3) is 5.82. The Labute approximate surface area is 158 Å². The van der Waals surface area contributed by atoms with Crippen LogP contribution < -0.4 is 0 Å². The first-order valence-corrected chi connectivity index (χ1v) is 11.4. The van der Waals surface area contributed by atoms with Gasteiger partial charge in [-0.1, -0.05) is 70.6 Å². The third-order valence-electron chi connectivity index (χ3n) is 5.03. The molecule has 0 aliphatic heterocycles. The van der Waals surface area contributed by atoms with Crippen molar-refractivity contribution in [3.63, 3.8) is 0 Å². The summed E-state index contributed by atoms with van der Waals surface area (Å²) in [6.45, 7) is 4.35. The number of rotatable bonds is 11. The van der Waals surface area contributed by atoms with Gasteiger partial charge in [-0.15, -0.1) is 0 Å². The van der Waals surface area contributed by atoms with E-state index in [1.165, 1.54) is 24.8 Å². The van der Waals surface area contributed by atoms with E-state index in [1.54, 1.807) is 6.07 Å². The Hall–Kier alpha value is -1.39. The minimum absolute atomic E-state index is 0.0857. The maximum absolute atomic E-state index is 12.0. The van der Waals surface area contributed by atoms with E-state index < -0.39 is 10.1 Å². The quantitative estimate of drug-likeness (QED) is 0.368. The summed E-state index contributed by atoms with van der Waals surface area (Å²) in [7, 11) is -4.21. The van der Waals surface area contributed by atoms with Crippen LogP contribution in [-0.4, -0.2) is 13.0 Å². The molecule has 0 aliphatic carbocycles. The van der Waals surface area contributed by atoms with Gasteiger partial charge < -0.3 is 0 Å². The van der Waals surface area contributed by atoms with Crippen LogP contribution in [0, 0.1) is 0 Å². The van der Waals surface area contributed by atoms with E-state index >= 15 is 0 Å². The van der Waals surface area contributed by atoms with Gasteiger partial charge in [-0.3, -0.25) is 4.55 Å². The second kappa shape index (κ2) is 10.1. The Morgan fingerprint density at radius 2 is 1.42 bits per heavy atom. The third-order valence-corrected chi connectivity index (χ3v) is 5.96. The van der Waals surface area contributed by atoms with E-state index in [4.69, 9.17) is 0 Å². The fraction of sp³-hybridized carbons (Fsp3) is 0.545. The molecule has 0 atom stereocenters. The summed E-state index contributed by atoms with van der Waals surface area (Å²) >= 11 is 0. The molecule has 0 fully saturated rings. The number of aryl methyl sites for hydroxylation is 2. The summed E-state index contributed by atoms with van der Waals surface area (Å²) in [6, 6.07) is 9.80. The van der Waals surface area contributed by atoms with Crippen molar-refractivity contribution in [1.29, 1.82) is 0 Å². The molecule has 3 nitrogen and oxygen atoms in total. The van der Waals surface area contributed by atoms with Crippen molar-refractivity contribution in [2.45, 2.75) is 83.0 Å². The van der Waals surface area contributed by atoms with Crippen LogP contribution >= 0.6 is 0 Å². The van der Waals surface area contributed by atoms with E-state index in [9.17, 15) is 13.0 Å². The zero-order chi connectivity index (χ0) is 19.0. The lowest BCUT2D eigenvalue weighted by Crippen LogP contribution is -2.04. The van der Waals surface area contributed by atoms with Crippen LogP contribution in [0.5, 0.6) is 0 Å². The maximum Gasteiger partial charge on any atom is 0.294 e. The average molecular weight is 377 g/mol. The first-order valence-electron chi connectivity index (χ1n) is 9.99. The van der Waals surface area contributed by atoms with Crippen LogP contribution in [0.2, 0.25) is 0 Å². The second-order valence-electron chi connectivity index (χ2n) is 7.19. The zero-order valence-corrected chi connectivity index (χ0v) is 16.9. The molecule has 0 heterocycles. The maximum atomic E-state index is 12.0. The molecule has 26 heavy (non-hydrogen) atoms. The van der Waals surface area contributed by atoms with Gasteiger partial charge in [0, 0.05) is 0 Å². The van der Waals surface area contributed by atoms with Crippen LogP contribution in [0.25, 0.3) is 10.8 Å². The monoisotopic (exact) mass is 376 g/mol. The lowest BCUT2D eigenvalue weighted by Gasteiger charge is -2.12. The molecule has 0 saturated heterocycles. The molecular weight excluding hydrogens is 344 g/mol. The van der Waals surface area contributed by atoms with Gasteiger partial charge in [0.25, 0.3) is 10.1 Å². The molecule has 0 amide bonds. The highest BCUT2D eigenvalue weighted by Gasteiger charge is 2.17. The Bertz CT molecular complexity index is 809. The van der Waals surface area contributed by atoms with Crippen LogP contribution in [0.15, 0.2) is 35.2 Å².